The molecule has 1 aliphatic carbocycles. The summed E-state index contributed by atoms with van der Waals surface area (Å²) in [6, 6.07) is 6.01. The normalized spacial score (nSPS) is 24.3. The quantitative estimate of drug-likeness (QED) is 0.874. The lowest BCUT2D eigenvalue weighted by atomic mass is 9.88. The zero-order valence-electron chi connectivity index (χ0n) is 10.3. The molecule has 96 valence electrons. The van der Waals surface area contributed by atoms with Crippen LogP contribution in [-0.4, -0.2) is 28.0 Å². The Hall–Kier alpha value is -1.55. The molecule has 1 aromatic heterocycles. The van der Waals surface area contributed by atoms with E-state index < -0.39 is 0 Å². The number of aromatic amines is 1. The van der Waals surface area contributed by atoms with Crippen molar-refractivity contribution >= 4 is 10.9 Å². The molecule has 1 fully saturated rings. The van der Waals surface area contributed by atoms with Crippen LogP contribution in [-0.2, 0) is 0 Å². The van der Waals surface area contributed by atoms with E-state index in [1.807, 2.05) is 24.4 Å². The first-order valence-electron chi connectivity index (χ1n) is 6.56. The zero-order chi connectivity index (χ0) is 12.4. The number of rotatable bonds is 3. The highest BCUT2D eigenvalue weighted by Gasteiger charge is 2.21. The fourth-order valence-electron chi connectivity index (χ4n) is 2.62. The van der Waals surface area contributed by atoms with Crippen molar-refractivity contribution in [3.63, 3.8) is 0 Å². The molecule has 0 bridgehead atoms. The molecule has 2 aromatic rings. The fraction of sp³-hybridized carbons (Fsp3) is 0.500. The number of H-pyrrole nitrogens is 1. The number of nitrogens with one attached hydrogen (secondary N) is 1. The summed E-state index contributed by atoms with van der Waals surface area (Å²) >= 11 is 0. The van der Waals surface area contributed by atoms with Gasteiger partial charge in [0.05, 0.1) is 17.8 Å². The molecule has 1 aromatic carbocycles. The van der Waals surface area contributed by atoms with Crippen LogP contribution in [0, 0.1) is 5.92 Å². The molecule has 4 nitrogen and oxygen atoms in total. The van der Waals surface area contributed by atoms with E-state index in [0.717, 1.165) is 42.3 Å². The van der Waals surface area contributed by atoms with Crippen LogP contribution in [0.2, 0.25) is 0 Å². The van der Waals surface area contributed by atoms with Gasteiger partial charge in [0.15, 0.2) is 0 Å². The molecular weight excluding hydrogens is 228 g/mol. The summed E-state index contributed by atoms with van der Waals surface area (Å²) in [6.45, 7) is 0.313. The van der Waals surface area contributed by atoms with Gasteiger partial charge in [0, 0.05) is 12.0 Å². The van der Waals surface area contributed by atoms with Crippen molar-refractivity contribution in [1.82, 2.24) is 10.2 Å². The number of nitrogens with zero attached hydrogens (tertiary/aromatic N) is 1. The Labute approximate surface area is 106 Å². The van der Waals surface area contributed by atoms with Crippen LogP contribution in [0.5, 0.6) is 5.75 Å². The Morgan fingerprint density at radius 2 is 2.11 bits per heavy atom. The van der Waals surface area contributed by atoms with Crippen LogP contribution >= 0.6 is 0 Å². The molecule has 1 aliphatic rings. The smallest absolute Gasteiger partial charge is 0.120 e. The fourth-order valence-corrected chi connectivity index (χ4v) is 2.62. The maximum Gasteiger partial charge on any atom is 0.120 e. The SMILES string of the molecule is OCC1CCC(Oc2ccc3[nH]ncc3c2)CC1. The van der Waals surface area contributed by atoms with Crippen molar-refractivity contribution in [3.8, 4) is 5.75 Å². The number of ether oxygens (including phenoxy) is 1. The van der Waals surface area contributed by atoms with E-state index in [2.05, 4.69) is 10.2 Å². The Balaban J connectivity index is 1.65. The second kappa shape index (κ2) is 4.98. The monoisotopic (exact) mass is 246 g/mol. The van der Waals surface area contributed by atoms with Gasteiger partial charge in [0.1, 0.15) is 5.75 Å². The highest BCUT2D eigenvalue weighted by molar-refractivity contribution is 5.79. The minimum atomic E-state index is 0.289. The molecule has 1 saturated carbocycles. The first kappa shape index (κ1) is 11.5. The van der Waals surface area contributed by atoms with Crippen LogP contribution in [0.15, 0.2) is 24.4 Å². The summed E-state index contributed by atoms with van der Waals surface area (Å²) in [6.07, 6.45) is 6.30. The Kier molecular flexibility index (Phi) is 3.19. The van der Waals surface area contributed by atoms with Crippen molar-refractivity contribution in [2.24, 2.45) is 5.92 Å². The van der Waals surface area contributed by atoms with Crippen molar-refractivity contribution in [2.45, 2.75) is 31.8 Å². The number of aliphatic hydroxyl groups is 1. The van der Waals surface area contributed by atoms with Crippen molar-refractivity contribution in [2.75, 3.05) is 6.61 Å². The Morgan fingerprint density at radius 1 is 1.28 bits per heavy atom. The summed E-state index contributed by atoms with van der Waals surface area (Å²) in [5.74, 6) is 1.39. The van der Waals surface area contributed by atoms with Crippen LogP contribution in [0.25, 0.3) is 10.9 Å². The maximum absolute atomic E-state index is 9.11. The first-order valence-corrected chi connectivity index (χ1v) is 6.56. The summed E-state index contributed by atoms with van der Waals surface area (Å²) in [5, 5.41) is 17.1. The average Bonchev–Trinajstić information content (AvgIpc) is 2.87. The predicted molar refractivity (Wildman–Crippen MR) is 69.6 cm³/mol. The molecule has 0 aliphatic heterocycles. The van der Waals surface area contributed by atoms with Gasteiger partial charge in [-0.15, -0.1) is 0 Å². The number of hydrogen-bond acceptors (Lipinski definition) is 3. The van der Waals surface area contributed by atoms with Crippen LogP contribution in [0.3, 0.4) is 0 Å². The van der Waals surface area contributed by atoms with Crippen molar-refractivity contribution < 1.29 is 9.84 Å². The van der Waals surface area contributed by atoms with Gasteiger partial charge in [-0.1, -0.05) is 0 Å². The van der Waals surface area contributed by atoms with Crippen molar-refractivity contribution in [1.29, 1.82) is 0 Å². The van der Waals surface area contributed by atoms with Gasteiger partial charge in [-0.25, -0.2) is 0 Å². The van der Waals surface area contributed by atoms with E-state index in [1.54, 1.807) is 0 Å². The molecule has 0 amide bonds. The minimum Gasteiger partial charge on any atom is -0.490 e. The van der Waals surface area contributed by atoms with Gasteiger partial charge in [-0.05, 0) is 49.8 Å². The van der Waals surface area contributed by atoms with Gasteiger partial charge < -0.3 is 9.84 Å². The third-order valence-electron chi connectivity index (χ3n) is 3.77. The second-order valence-electron chi connectivity index (χ2n) is 5.06. The Bertz CT molecular complexity index is 515. The largest absolute Gasteiger partial charge is 0.490 e. The topological polar surface area (TPSA) is 58.1 Å². The molecule has 3 rings (SSSR count). The van der Waals surface area contributed by atoms with E-state index in [-0.39, 0.29) is 6.10 Å². The molecule has 18 heavy (non-hydrogen) atoms. The lowest BCUT2D eigenvalue weighted by Gasteiger charge is -2.27. The molecule has 0 atom stereocenters. The summed E-state index contributed by atoms with van der Waals surface area (Å²) in [4.78, 5) is 0. The third-order valence-corrected chi connectivity index (χ3v) is 3.77. The van der Waals surface area contributed by atoms with E-state index >= 15 is 0 Å². The molecule has 1 heterocycles. The Morgan fingerprint density at radius 3 is 2.89 bits per heavy atom. The molecule has 4 heteroatoms. The van der Waals surface area contributed by atoms with Crippen LogP contribution < -0.4 is 4.74 Å². The number of aromatic nitrogens is 2. The first-order chi connectivity index (χ1) is 8.85. The summed E-state index contributed by atoms with van der Waals surface area (Å²) in [5.41, 5.74) is 1.03. The highest BCUT2D eigenvalue weighted by Crippen LogP contribution is 2.28. The van der Waals surface area contributed by atoms with Crippen molar-refractivity contribution in [3.05, 3.63) is 24.4 Å². The van der Waals surface area contributed by atoms with Gasteiger partial charge >= 0.3 is 0 Å². The van der Waals surface area contributed by atoms with E-state index in [9.17, 15) is 0 Å². The van der Waals surface area contributed by atoms with Crippen LogP contribution in [0.1, 0.15) is 25.7 Å². The van der Waals surface area contributed by atoms with E-state index in [4.69, 9.17) is 9.84 Å². The molecule has 0 unspecified atom stereocenters. The number of aliphatic hydroxyl groups excluding tert-OH is 1. The molecular formula is C14H18N2O2. The molecule has 0 saturated heterocycles. The second-order valence-corrected chi connectivity index (χ2v) is 5.06. The summed E-state index contributed by atoms with van der Waals surface area (Å²) in [7, 11) is 0. The molecule has 0 spiro atoms. The lowest BCUT2D eigenvalue weighted by Crippen LogP contribution is -2.25. The van der Waals surface area contributed by atoms with Gasteiger partial charge in [0.25, 0.3) is 0 Å². The van der Waals surface area contributed by atoms with E-state index in [0.29, 0.717) is 12.5 Å². The maximum atomic E-state index is 9.11. The van der Waals surface area contributed by atoms with Crippen LogP contribution in [0.4, 0.5) is 0 Å². The number of fused-ring (bicyclic) bond motifs is 1. The van der Waals surface area contributed by atoms with Gasteiger partial charge in [-0.2, -0.15) is 5.10 Å². The zero-order valence-corrected chi connectivity index (χ0v) is 10.3. The number of hydrogen-bond donors (Lipinski definition) is 2. The van der Waals surface area contributed by atoms with Gasteiger partial charge in [-0.3, -0.25) is 5.10 Å². The number of benzene rings is 1. The highest BCUT2D eigenvalue weighted by atomic mass is 16.5. The van der Waals surface area contributed by atoms with Gasteiger partial charge in [0.2, 0.25) is 0 Å². The predicted octanol–water partition coefficient (Wildman–Crippen LogP) is 2.49. The summed E-state index contributed by atoms with van der Waals surface area (Å²) < 4.78 is 6.00. The lowest BCUT2D eigenvalue weighted by molar-refractivity contribution is 0.104. The standard InChI is InChI=1S/C14H18N2O2/c17-9-10-1-3-12(4-2-10)18-13-5-6-14-11(7-13)8-15-16-14/h5-8,10,12,17H,1-4,9H2,(H,15,16). The minimum absolute atomic E-state index is 0.289. The molecule has 0 radical (unpaired) electrons. The average molecular weight is 246 g/mol. The van der Waals surface area contributed by atoms with E-state index in [1.165, 1.54) is 0 Å². The third kappa shape index (κ3) is 2.34. The molecule has 2 N–H and O–H groups in total.